The zero-order valence-corrected chi connectivity index (χ0v) is 12.5. The van der Waals surface area contributed by atoms with Crippen molar-refractivity contribution < 1.29 is 9.53 Å². The molecule has 1 amide bonds. The van der Waals surface area contributed by atoms with E-state index in [1.54, 1.807) is 24.4 Å². The van der Waals surface area contributed by atoms with Crippen LogP contribution < -0.4 is 10.2 Å². The number of nitrogens with one attached hydrogen (secondary N) is 1. The molecule has 4 nitrogen and oxygen atoms in total. The zero-order valence-electron chi connectivity index (χ0n) is 10.1. The van der Waals surface area contributed by atoms with E-state index in [0.29, 0.717) is 11.3 Å². The Morgan fingerprint density at radius 3 is 2.84 bits per heavy atom. The second kappa shape index (κ2) is 6.49. The molecule has 0 fully saturated rings. The van der Waals surface area contributed by atoms with Gasteiger partial charge >= 0.3 is 0 Å². The maximum absolute atomic E-state index is 11.9. The van der Waals surface area contributed by atoms with Crippen molar-refractivity contribution in [3.05, 3.63) is 50.6 Å². The molecule has 19 heavy (non-hydrogen) atoms. The summed E-state index contributed by atoms with van der Waals surface area (Å²) >= 11 is 4.90. The molecule has 0 spiro atoms. The highest BCUT2D eigenvalue weighted by atomic mass is 79.9. The molecule has 1 aromatic carbocycles. The predicted octanol–water partition coefficient (Wildman–Crippen LogP) is 3.28. The van der Waals surface area contributed by atoms with Crippen molar-refractivity contribution in [2.75, 3.05) is 7.11 Å². The summed E-state index contributed by atoms with van der Waals surface area (Å²) in [7, 11) is 1.53. The summed E-state index contributed by atoms with van der Waals surface area (Å²) in [6.45, 7) is 0. The van der Waals surface area contributed by atoms with E-state index in [1.807, 2.05) is 18.2 Å². The number of nitrogens with zero attached hydrogens (tertiary/aromatic N) is 1. The van der Waals surface area contributed by atoms with Crippen molar-refractivity contribution in [2.45, 2.75) is 0 Å². The number of carbonyl (C=O) groups is 1. The normalized spacial score (nSPS) is 10.6. The first-order chi connectivity index (χ1) is 9.20. The minimum Gasteiger partial charge on any atom is -0.496 e. The summed E-state index contributed by atoms with van der Waals surface area (Å²) in [5.41, 5.74) is 2.93. The number of hydrogen-bond donors (Lipinski definition) is 1. The average Bonchev–Trinajstić information content (AvgIpc) is 2.84. The first kappa shape index (κ1) is 13.8. The molecule has 2 aromatic rings. The molecule has 0 aliphatic carbocycles. The fourth-order valence-electron chi connectivity index (χ4n) is 1.44. The van der Waals surface area contributed by atoms with Gasteiger partial charge in [0.2, 0.25) is 0 Å². The second-order valence-electron chi connectivity index (χ2n) is 3.54. The topological polar surface area (TPSA) is 50.7 Å². The maximum Gasteiger partial charge on any atom is 0.275 e. The lowest BCUT2D eigenvalue weighted by molar-refractivity contribution is 0.0952. The Balaban J connectivity index is 2.03. The standard InChI is InChI=1S/C13H11BrN2O2S/c1-18-11-5-3-2-4-10(11)13(17)16-15-8-9-6-7-12(14)19-9/h2-8H,1H3,(H,16,17). The highest BCUT2D eigenvalue weighted by Gasteiger charge is 2.09. The van der Waals surface area contributed by atoms with Gasteiger partial charge < -0.3 is 4.74 Å². The Morgan fingerprint density at radius 2 is 2.16 bits per heavy atom. The SMILES string of the molecule is COc1ccccc1C(=O)NN=Cc1ccc(Br)s1. The number of amides is 1. The first-order valence-corrected chi connectivity index (χ1v) is 7.03. The summed E-state index contributed by atoms with van der Waals surface area (Å²) in [5.74, 6) is 0.221. The molecule has 1 aromatic heterocycles. The van der Waals surface area contributed by atoms with Crippen LogP contribution in [0.5, 0.6) is 5.75 Å². The van der Waals surface area contributed by atoms with Gasteiger partial charge in [0.05, 0.1) is 22.7 Å². The van der Waals surface area contributed by atoms with Crippen LogP contribution in [0.25, 0.3) is 0 Å². The van der Waals surface area contributed by atoms with Crippen molar-refractivity contribution >= 4 is 39.4 Å². The van der Waals surface area contributed by atoms with Gasteiger partial charge in [-0.15, -0.1) is 11.3 Å². The molecule has 1 N–H and O–H groups in total. The van der Waals surface area contributed by atoms with Crippen LogP contribution >= 0.6 is 27.3 Å². The third kappa shape index (κ3) is 3.65. The lowest BCUT2D eigenvalue weighted by atomic mass is 10.2. The van der Waals surface area contributed by atoms with Crippen molar-refractivity contribution in [3.8, 4) is 5.75 Å². The minimum absolute atomic E-state index is 0.302. The van der Waals surface area contributed by atoms with Crippen molar-refractivity contribution in [3.63, 3.8) is 0 Å². The van der Waals surface area contributed by atoms with E-state index in [2.05, 4.69) is 26.5 Å². The lowest BCUT2D eigenvalue weighted by Crippen LogP contribution is -2.18. The maximum atomic E-state index is 11.9. The fourth-order valence-corrected chi connectivity index (χ4v) is 2.74. The highest BCUT2D eigenvalue weighted by molar-refractivity contribution is 9.11. The summed E-state index contributed by atoms with van der Waals surface area (Å²) < 4.78 is 6.14. The smallest absolute Gasteiger partial charge is 0.275 e. The number of para-hydroxylation sites is 1. The largest absolute Gasteiger partial charge is 0.496 e. The van der Waals surface area contributed by atoms with Gasteiger partial charge in [0.15, 0.2) is 0 Å². The lowest BCUT2D eigenvalue weighted by Gasteiger charge is -2.05. The molecule has 98 valence electrons. The number of benzene rings is 1. The quantitative estimate of drug-likeness (QED) is 0.687. The molecule has 0 atom stereocenters. The zero-order chi connectivity index (χ0) is 13.7. The van der Waals surface area contributed by atoms with Crippen LogP contribution in [0.15, 0.2) is 45.3 Å². The molecule has 0 saturated heterocycles. The van der Waals surface area contributed by atoms with E-state index in [4.69, 9.17) is 4.74 Å². The Bertz CT molecular complexity index is 610. The number of methoxy groups -OCH3 is 1. The summed E-state index contributed by atoms with van der Waals surface area (Å²) in [5, 5.41) is 3.92. The van der Waals surface area contributed by atoms with E-state index in [-0.39, 0.29) is 5.91 Å². The summed E-state index contributed by atoms with van der Waals surface area (Å²) in [6.07, 6.45) is 1.60. The number of rotatable bonds is 4. The van der Waals surface area contributed by atoms with Gasteiger partial charge in [0.25, 0.3) is 5.91 Å². The van der Waals surface area contributed by atoms with Gasteiger partial charge in [0.1, 0.15) is 5.75 Å². The van der Waals surface area contributed by atoms with E-state index in [9.17, 15) is 4.79 Å². The van der Waals surface area contributed by atoms with Gasteiger partial charge in [-0.05, 0) is 40.2 Å². The number of halogens is 1. The van der Waals surface area contributed by atoms with Gasteiger partial charge in [-0.2, -0.15) is 5.10 Å². The molecule has 0 unspecified atom stereocenters. The van der Waals surface area contributed by atoms with E-state index < -0.39 is 0 Å². The van der Waals surface area contributed by atoms with Gasteiger partial charge in [0, 0.05) is 4.88 Å². The molecule has 0 bridgehead atoms. The van der Waals surface area contributed by atoms with Gasteiger partial charge in [-0.25, -0.2) is 5.43 Å². The van der Waals surface area contributed by atoms with Gasteiger partial charge in [-0.3, -0.25) is 4.79 Å². The Morgan fingerprint density at radius 1 is 1.37 bits per heavy atom. The fraction of sp³-hybridized carbons (Fsp3) is 0.0769. The Hall–Kier alpha value is -1.66. The number of hydrazone groups is 1. The van der Waals surface area contributed by atoms with Crippen molar-refractivity contribution in [2.24, 2.45) is 5.10 Å². The van der Waals surface area contributed by atoms with Crippen LogP contribution in [-0.2, 0) is 0 Å². The third-order valence-corrected chi connectivity index (χ3v) is 3.86. The van der Waals surface area contributed by atoms with Crippen LogP contribution in [-0.4, -0.2) is 19.2 Å². The molecule has 0 saturated carbocycles. The molecule has 6 heteroatoms. The van der Waals surface area contributed by atoms with Crippen LogP contribution in [0.4, 0.5) is 0 Å². The van der Waals surface area contributed by atoms with Crippen LogP contribution in [0.2, 0.25) is 0 Å². The minimum atomic E-state index is -0.302. The molecular formula is C13H11BrN2O2S. The van der Waals surface area contributed by atoms with E-state index >= 15 is 0 Å². The second-order valence-corrected chi connectivity index (χ2v) is 6.04. The molecular weight excluding hydrogens is 328 g/mol. The number of hydrogen-bond acceptors (Lipinski definition) is 4. The first-order valence-electron chi connectivity index (χ1n) is 5.42. The Kier molecular flexibility index (Phi) is 4.70. The van der Waals surface area contributed by atoms with Crippen LogP contribution in [0.1, 0.15) is 15.2 Å². The average molecular weight is 339 g/mol. The molecule has 0 aliphatic rings. The summed E-state index contributed by atoms with van der Waals surface area (Å²) in [4.78, 5) is 12.9. The predicted molar refractivity (Wildman–Crippen MR) is 80.1 cm³/mol. The Labute approximate surface area is 123 Å². The number of thiophene rings is 1. The van der Waals surface area contributed by atoms with Crippen molar-refractivity contribution in [1.29, 1.82) is 0 Å². The molecule has 0 radical (unpaired) electrons. The van der Waals surface area contributed by atoms with Gasteiger partial charge in [-0.1, -0.05) is 12.1 Å². The number of ether oxygens (including phenoxy) is 1. The van der Waals surface area contributed by atoms with Crippen LogP contribution in [0.3, 0.4) is 0 Å². The van der Waals surface area contributed by atoms with Crippen LogP contribution in [0, 0.1) is 0 Å². The van der Waals surface area contributed by atoms with E-state index in [1.165, 1.54) is 18.4 Å². The molecule has 1 heterocycles. The van der Waals surface area contributed by atoms with E-state index in [0.717, 1.165) is 8.66 Å². The number of carbonyl (C=O) groups excluding carboxylic acids is 1. The monoisotopic (exact) mass is 338 g/mol. The molecule has 0 aliphatic heterocycles. The summed E-state index contributed by atoms with van der Waals surface area (Å²) in [6, 6.07) is 10.8. The third-order valence-electron chi connectivity index (χ3n) is 2.30. The molecule has 2 rings (SSSR count). The highest BCUT2D eigenvalue weighted by Crippen LogP contribution is 2.20. The van der Waals surface area contributed by atoms with Crippen molar-refractivity contribution in [1.82, 2.24) is 5.43 Å².